The van der Waals surface area contributed by atoms with E-state index in [4.69, 9.17) is 5.11 Å². The predicted octanol–water partition coefficient (Wildman–Crippen LogP) is 1.36. The minimum absolute atomic E-state index is 0.0592. The number of aliphatic carboxylic acids is 1. The largest absolute Gasteiger partial charge is 0.481 e. The highest BCUT2D eigenvalue weighted by Crippen LogP contribution is 2.22. The molecule has 2 amide bonds. The molecule has 0 heterocycles. The Labute approximate surface area is 135 Å². The van der Waals surface area contributed by atoms with Crippen LogP contribution in [0.15, 0.2) is 29.2 Å². The number of carbonyl (C=O) groups is 2. The van der Waals surface area contributed by atoms with Crippen LogP contribution in [0.2, 0.25) is 0 Å². The molecule has 23 heavy (non-hydrogen) atoms. The molecule has 0 radical (unpaired) electrons. The van der Waals surface area contributed by atoms with E-state index < -0.39 is 27.6 Å². The molecule has 0 aliphatic rings. The van der Waals surface area contributed by atoms with Gasteiger partial charge in [-0.15, -0.1) is 0 Å². The van der Waals surface area contributed by atoms with Crippen LogP contribution in [-0.4, -0.2) is 37.6 Å². The Balaban J connectivity index is 2.90. The first-order valence-corrected chi connectivity index (χ1v) is 8.39. The monoisotopic (exact) mass is 343 g/mol. The van der Waals surface area contributed by atoms with Crippen LogP contribution < -0.4 is 15.4 Å². The first kappa shape index (κ1) is 18.9. The first-order chi connectivity index (χ1) is 10.5. The van der Waals surface area contributed by atoms with Crippen LogP contribution >= 0.6 is 0 Å². The van der Waals surface area contributed by atoms with Gasteiger partial charge in [0.1, 0.15) is 4.90 Å². The Morgan fingerprint density at radius 3 is 2.35 bits per heavy atom. The minimum Gasteiger partial charge on any atom is -0.481 e. The summed E-state index contributed by atoms with van der Waals surface area (Å²) in [6, 6.07) is 5.28. The van der Waals surface area contributed by atoms with Crippen LogP contribution in [0.3, 0.4) is 0 Å². The van der Waals surface area contributed by atoms with Crippen molar-refractivity contribution in [3.05, 3.63) is 24.3 Å². The number of urea groups is 1. The number of para-hydroxylation sites is 1. The van der Waals surface area contributed by atoms with Crippen molar-refractivity contribution in [2.75, 3.05) is 11.9 Å². The van der Waals surface area contributed by atoms with Gasteiger partial charge in [-0.3, -0.25) is 4.79 Å². The summed E-state index contributed by atoms with van der Waals surface area (Å²) >= 11 is 0. The molecule has 8 nitrogen and oxygen atoms in total. The SMILES string of the molecule is CC(C)(C)NS(=O)(=O)c1ccccc1NC(=O)NCCC(=O)O. The van der Waals surface area contributed by atoms with Gasteiger partial charge < -0.3 is 15.7 Å². The maximum atomic E-state index is 12.4. The Bertz CT molecular complexity index is 680. The number of rotatable bonds is 6. The minimum atomic E-state index is -3.81. The molecule has 9 heteroatoms. The highest BCUT2D eigenvalue weighted by atomic mass is 32.2. The fourth-order valence-electron chi connectivity index (χ4n) is 1.71. The molecule has 0 aromatic heterocycles. The summed E-state index contributed by atoms with van der Waals surface area (Å²) < 4.78 is 27.3. The zero-order chi connectivity index (χ0) is 17.7. The molecule has 0 unspecified atom stereocenters. The Morgan fingerprint density at radius 1 is 1.17 bits per heavy atom. The van der Waals surface area contributed by atoms with E-state index in [9.17, 15) is 18.0 Å². The number of benzene rings is 1. The molecule has 4 N–H and O–H groups in total. The van der Waals surface area contributed by atoms with Gasteiger partial charge in [0.05, 0.1) is 12.1 Å². The third kappa shape index (κ3) is 6.66. The molecular formula is C14H21N3O5S. The molecule has 0 saturated carbocycles. The van der Waals surface area contributed by atoms with Gasteiger partial charge in [0.2, 0.25) is 10.0 Å². The summed E-state index contributed by atoms with van der Waals surface area (Å²) in [4.78, 5) is 22.1. The van der Waals surface area contributed by atoms with E-state index >= 15 is 0 Å². The van der Waals surface area contributed by atoms with Crippen molar-refractivity contribution < 1.29 is 23.1 Å². The molecule has 0 fully saturated rings. The number of sulfonamides is 1. The van der Waals surface area contributed by atoms with Gasteiger partial charge in [0.25, 0.3) is 0 Å². The number of carboxylic acids is 1. The summed E-state index contributed by atoms with van der Waals surface area (Å²) in [6.07, 6.45) is -0.223. The molecule has 1 aromatic carbocycles. The zero-order valence-corrected chi connectivity index (χ0v) is 14.0. The maximum Gasteiger partial charge on any atom is 0.319 e. The van der Waals surface area contributed by atoms with Crippen LogP contribution in [0.5, 0.6) is 0 Å². The summed E-state index contributed by atoms with van der Waals surface area (Å²) in [6.45, 7) is 5.06. The first-order valence-electron chi connectivity index (χ1n) is 6.91. The van der Waals surface area contributed by atoms with E-state index in [1.165, 1.54) is 12.1 Å². The second kappa shape index (κ2) is 7.42. The molecule has 0 atom stereocenters. The van der Waals surface area contributed by atoms with Gasteiger partial charge in [-0.1, -0.05) is 12.1 Å². The van der Waals surface area contributed by atoms with Gasteiger partial charge in [-0.25, -0.2) is 17.9 Å². The third-order valence-corrected chi connectivity index (χ3v) is 4.31. The number of anilines is 1. The van der Waals surface area contributed by atoms with Crippen molar-refractivity contribution in [2.24, 2.45) is 0 Å². The summed E-state index contributed by atoms with van der Waals surface area (Å²) in [7, 11) is -3.81. The van der Waals surface area contributed by atoms with Crippen molar-refractivity contribution in [2.45, 2.75) is 37.6 Å². The van der Waals surface area contributed by atoms with Gasteiger partial charge in [0.15, 0.2) is 0 Å². The lowest BCUT2D eigenvalue weighted by Gasteiger charge is -2.21. The van der Waals surface area contributed by atoms with Gasteiger partial charge >= 0.3 is 12.0 Å². The van der Waals surface area contributed by atoms with Gasteiger partial charge in [0, 0.05) is 12.1 Å². The number of hydrogen-bond acceptors (Lipinski definition) is 4. The Hall–Kier alpha value is -2.13. The molecular weight excluding hydrogens is 322 g/mol. The van der Waals surface area contributed by atoms with Crippen molar-refractivity contribution >= 4 is 27.7 Å². The average molecular weight is 343 g/mol. The number of nitrogens with one attached hydrogen (secondary N) is 3. The molecule has 0 spiro atoms. The van der Waals surface area contributed by atoms with E-state index in [1.807, 2.05) is 0 Å². The van der Waals surface area contributed by atoms with E-state index in [1.54, 1.807) is 32.9 Å². The van der Waals surface area contributed by atoms with Crippen molar-refractivity contribution in [3.63, 3.8) is 0 Å². The Morgan fingerprint density at radius 2 is 1.78 bits per heavy atom. The van der Waals surface area contributed by atoms with Crippen molar-refractivity contribution in [3.8, 4) is 0 Å². The normalized spacial score (nSPS) is 11.8. The lowest BCUT2D eigenvalue weighted by molar-refractivity contribution is -0.136. The summed E-state index contributed by atoms with van der Waals surface area (Å²) in [5.74, 6) is -1.04. The van der Waals surface area contributed by atoms with Crippen LogP contribution in [0.4, 0.5) is 10.5 Å². The number of carbonyl (C=O) groups excluding carboxylic acids is 1. The predicted molar refractivity (Wildman–Crippen MR) is 85.8 cm³/mol. The van der Waals surface area contributed by atoms with E-state index in [-0.39, 0.29) is 23.5 Å². The van der Waals surface area contributed by atoms with Crippen LogP contribution in [-0.2, 0) is 14.8 Å². The van der Waals surface area contributed by atoms with Crippen LogP contribution in [0, 0.1) is 0 Å². The number of hydrogen-bond donors (Lipinski definition) is 4. The molecule has 1 aromatic rings. The van der Waals surface area contributed by atoms with E-state index in [0.29, 0.717) is 0 Å². The fourth-order valence-corrected chi connectivity index (χ4v) is 3.29. The number of carboxylic acid groups (broad SMARTS) is 1. The summed E-state index contributed by atoms with van der Waals surface area (Å²) in [5, 5.41) is 13.3. The molecule has 1 rings (SSSR count). The topological polar surface area (TPSA) is 125 Å². The second-order valence-corrected chi connectivity index (χ2v) is 7.53. The number of amides is 2. The second-order valence-electron chi connectivity index (χ2n) is 5.88. The standard InChI is InChI=1S/C14H21N3O5S/c1-14(2,3)17-23(21,22)11-7-5-4-6-10(11)16-13(20)15-9-8-12(18)19/h4-7,17H,8-9H2,1-3H3,(H,18,19)(H2,15,16,20). The third-order valence-electron chi connectivity index (χ3n) is 2.49. The lowest BCUT2D eigenvalue weighted by Crippen LogP contribution is -2.41. The van der Waals surface area contributed by atoms with Crippen LogP contribution in [0.25, 0.3) is 0 Å². The van der Waals surface area contributed by atoms with Crippen molar-refractivity contribution in [1.29, 1.82) is 0 Å². The highest BCUT2D eigenvalue weighted by Gasteiger charge is 2.24. The lowest BCUT2D eigenvalue weighted by atomic mass is 10.1. The summed E-state index contributed by atoms with van der Waals surface area (Å²) in [5.41, 5.74) is -0.563. The van der Waals surface area contributed by atoms with Crippen LogP contribution in [0.1, 0.15) is 27.2 Å². The van der Waals surface area contributed by atoms with E-state index in [2.05, 4.69) is 15.4 Å². The highest BCUT2D eigenvalue weighted by molar-refractivity contribution is 7.89. The van der Waals surface area contributed by atoms with Gasteiger partial charge in [-0.05, 0) is 32.9 Å². The van der Waals surface area contributed by atoms with E-state index in [0.717, 1.165) is 0 Å². The zero-order valence-electron chi connectivity index (χ0n) is 13.2. The molecule has 0 bridgehead atoms. The molecule has 0 aliphatic heterocycles. The molecule has 128 valence electrons. The Kier molecular flexibility index (Phi) is 6.11. The average Bonchev–Trinajstić information content (AvgIpc) is 2.35. The van der Waals surface area contributed by atoms with Crippen molar-refractivity contribution in [1.82, 2.24) is 10.0 Å². The van der Waals surface area contributed by atoms with Gasteiger partial charge in [-0.2, -0.15) is 0 Å². The fraction of sp³-hybridized carbons (Fsp3) is 0.429. The smallest absolute Gasteiger partial charge is 0.319 e. The maximum absolute atomic E-state index is 12.4. The quantitative estimate of drug-likeness (QED) is 0.621. The molecule has 0 saturated heterocycles. The molecule has 0 aliphatic carbocycles.